The Morgan fingerprint density at radius 3 is 2.79 bits per heavy atom. The second-order valence-corrected chi connectivity index (χ2v) is 4.52. The maximum absolute atomic E-state index is 11.7. The molecule has 3 nitrogen and oxygen atoms in total. The van der Waals surface area contributed by atoms with Gasteiger partial charge in [-0.1, -0.05) is 6.42 Å². The molecule has 0 aromatic carbocycles. The number of Topliss-reactive ketones (excluding diaryl/α,β-unsaturated/α-hetero) is 1. The molecule has 1 heterocycles. The van der Waals surface area contributed by atoms with Gasteiger partial charge in [-0.25, -0.2) is 0 Å². The van der Waals surface area contributed by atoms with Crippen molar-refractivity contribution in [3.05, 3.63) is 0 Å². The van der Waals surface area contributed by atoms with E-state index < -0.39 is 0 Å². The van der Waals surface area contributed by atoms with E-state index >= 15 is 0 Å². The number of piperidine rings is 1. The number of β-amino-alcohol motifs (C(OH)–C–C–N with tert-alkyl or cyclic N) is 1. The van der Waals surface area contributed by atoms with Gasteiger partial charge in [0.2, 0.25) is 0 Å². The Balaban J connectivity index is 1.94. The Morgan fingerprint density at radius 2 is 2.07 bits per heavy atom. The third-order valence-corrected chi connectivity index (χ3v) is 3.39. The summed E-state index contributed by atoms with van der Waals surface area (Å²) in [6.45, 7) is 1.70. The molecule has 2 aliphatic rings. The third kappa shape index (κ3) is 2.15. The molecule has 1 aliphatic heterocycles. The summed E-state index contributed by atoms with van der Waals surface area (Å²) in [5.41, 5.74) is 0. The van der Waals surface area contributed by atoms with Gasteiger partial charge < -0.3 is 5.11 Å². The second-order valence-electron chi connectivity index (χ2n) is 4.52. The molecule has 1 saturated carbocycles. The number of aliphatic hydroxyl groups is 1. The molecule has 1 saturated heterocycles. The summed E-state index contributed by atoms with van der Waals surface area (Å²) in [5, 5.41) is 9.54. The van der Waals surface area contributed by atoms with Crippen molar-refractivity contribution in [3.63, 3.8) is 0 Å². The smallest absolute Gasteiger partial charge is 0.149 e. The van der Waals surface area contributed by atoms with Crippen LogP contribution in [-0.2, 0) is 4.79 Å². The van der Waals surface area contributed by atoms with E-state index in [0.717, 1.165) is 38.6 Å². The van der Waals surface area contributed by atoms with E-state index in [-0.39, 0.29) is 12.1 Å². The van der Waals surface area contributed by atoms with E-state index in [4.69, 9.17) is 0 Å². The number of nitrogens with zero attached hydrogens (tertiary/aromatic N) is 1. The molecule has 14 heavy (non-hydrogen) atoms. The van der Waals surface area contributed by atoms with E-state index in [2.05, 4.69) is 4.90 Å². The normalized spacial score (nSPS) is 35.9. The number of rotatable bonds is 1. The second kappa shape index (κ2) is 4.41. The Kier molecular flexibility index (Phi) is 3.19. The molecule has 3 heteroatoms. The number of hydrogen-bond donors (Lipinski definition) is 1. The van der Waals surface area contributed by atoms with Gasteiger partial charge in [-0.15, -0.1) is 0 Å². The van der Waals surface area contributed by atoms with Crippen LogP contribution in [0.3, 0.4) is 0 Å². The lowest BCUT2D eigenvalue weighted by molar-refractivity contribution is -0.127. The van der Waals surface area contributed by atoms with Gasteiger partial charge >= 0.3 is 0 Å². The van der Waals surface area contributed by atoms with Crippen LogP contribution < -0.4 is 0 Å². The first-order chi connectivity index (χ1) is 6.77. The van der Waals surface area contributed by atoms with E-state index in [1.165, 1.54) is 6.42 Å². The molecule has 0 radical (unpaired) electrons. The van der Waals surface area contributed by atoms with Crippen LogP contribution >= 0.6 is 0 Å². The minimum absolute atomic E-state index is 0.124. The molecular formula is C11H19NO2. The Hall–Kier alpha value is -0.410. The number of likely N-dealkylation sites (tertiary alicyclic amines) is 1. The molecule has 2 atom stereocenters. The van der Waals surface area contributed by atoms with Crippen LogP contribution in [0, 0.1) is 0 Å². The van der Waals surface area contributed by atoms with Crippen molar-refractivity contribution in [2.75, 3.05) is 13.1 Å². The number of carbonyl (C=O) groups excluding carboxylic acids is 1. The van der Waals surface area contributed by atoms with E-state index in [9.17, 15) is 9.90 Å². The van der Waals surface area contributed by atoms with Crippen LogP contribution in [0.1, 0.15) is 38.5 Å². The Bertz CT molecular complexity index is 217. The lowest BCUT2D eigenvalue weighted by Gasteiger charge is -2.37. The van der Waals surface area contributed by atoms with Gasteiger partial charge in [-0.3, -0.25) is 9.69 Å². The summed E-state index contributed by atoms with van der Waals surface area (Å²) in [7, 11) is 0. The maximum atomic E-state index is 11.7. The predicted octanol–water partition coefficient (Wildman–Crippen LogP) is 0.955. The van der Waals surface area contributed by atoms with Crippen LogP contribution in [0.2, 0.25) is 0 Å². The summed E-state index contributed by atoms with van der Waals surface area (Å²) in [5.74, 6) is 0.394. The fourth-order valence-corrected chi connectivity index (χ4v) is 2.62. The summed E-state index contributed by atoms with van der Waals surface area (Å²) >= 11 is 0. The van der Waals surface area contributed by atoms with Gasteiger partial charge in [0, 0.05) is 13.0 Å². The first kappa shape index (κ1) is 10.1. The summed E-state index contributed by atoms with van der Waals surface area (Å²) in [4.78, 5) is 13.9. The zero-order valence-corrected chi connectivity index (χ0v) is 8.61. The quantitative estimate of drug-likeness (QED) is 0.680. The fourth-order valence-electron chi connectivity index (χ4n) is 2.62. The highest BCUT2D eigenvalue weighted by Gasteiger charge is 2.30. The van der Waals surface area contributed by atoms with E-state index in [1.54, 1.807) is 0 Å². The van der Waals surface area contributed by atoms with Crippen LogP contribution in [0.15, 0.2) is 0 Å². The first-order valence-electron chi connectivity index (χ1n) is 5.72. The molecular weight excluding hydrogens is 178 g/mol. The van der Waals surface area contributed by atoms with Crippen molar-refractivity contribution in [2.45, 2.75) is 50.7 Å². The lowest BCUT2D eigenvalue weighted by atomic mass is 9.91. The molecule has 0 bridgehead atoms. The SMILES string of the molecule is O=C1CCCCC1N1CCCC(O)C1. The molecule has 0 aromatic heterocycles. The number of hydrogen-bond acceptors (Lipinski definition) is 3. The first-order valence-corrected chi connectivity index (χ1v) is 5.72. The van der Waals surface area contributed by atoms with Crippen LogP contribution in [0.5, 0.6) is 0 Å². The largest absolute Gasteiger partial charge is 0.392 e. The topological polar surface area (TPSA) is 40.5 Å². The van der Waals surface area contributed by atoms with Crippen molar-refractivity contribution in [1.29, 1.82) is 0 Å². The van der Waals surface area contributed by atoms with Gasteiger partial charge in [-0.05, 0) is 32.2 Å². The Labute approximate surface area is 85.1 Å². The number of carbonyl (C=O) groups is 1. The molecule has 0 spiro atoms. The summed E-state index contributed by atoms with van der Waals surface area (Å²) in [6.07, 6.45) is 5.71. The van der Waals surface area contributed by atoms with Crippen molar-refractivity contribution in [1.82, 2.24) is 4.90 Å². The highest BCUT2D eigenvalue weighted by molar-refractivity contribution is 5.84. The minimum atomic E-state index is -0.210. The van der Waals surface area contributed by atoms with E-state index in [1.807, 2.05) is 0 Å². The van der Waals surface area contributed by atoms with Crippen molar-refractivity contribution in [3.8, 4) is 0 Å². The van der Waals surface area contributed by atoms with Crippen molar-refractivity contribution in [2.24, 2.45) is 0 Å². The van der Waals surface area contributed by atoms with Crippen LogP contribution in [0.4, 0.5) is 0 Å². The zero-order chi connectivity index (χ0) is 9.97. The molecule has 80 valence electrons. The van der Waals surface area contributed by atoms with Crippen LogP contribution in [-0.4, -0.2) is 41.0 Å². The predicted molar refractivity (Wildman–Crippen MR) is 54.1 cm³/mol. The maximum Gasteiger partial charge on any atom is 0.149 e. The average molecular weight is 197 g/mol. The molecule has 0 amide bonds. The molecule has 2 fully saturated rings. The number of aliphatic hydroxyl groups excluding tert-OH is 1. The van der Waals surface area contributed by atoms with Crippen molar-refractivity contribution >= 4 is 5.78 Å². The number of ketones is 1. The monoisotopic (exact) mass is 197 g/mol. The Morgan fingerprint density at radius 1 is 1.21 bits per heavy atom. The highest BCUT2D eigenvalue weighted by atomic mass is 16.3. The van der Waals surface area contributed by atoms with Gasteiger partial charge in [0.15, 0.2) is 0 Å². The fraction of sp³-hybridized carbons (Fsp3) is 0.909. The summed E-state index contributed by atoms with van der Waals surface area (Å²) < 4.78 is 0. The molecule has 0 aromatic rings. The zero-order valence-electron chi connectivity index (χ0n) is 8.61. The minimum Gasteiger partial charge on any atom is -0.392 e. The lowest BCUT2D eigenvalue weighted by Crippen LogP contribution is -2.49. The highest BCUT2D eigenvalue weighted by Crippen LogP contribution is 2.22. The molecule has 2 unspecified atom stereocenters. The van der Waals surface area contributed by atoms with Crippen molar-refractivity contribution < 1.29 is 9.90 Å². The average Bonchev–Trinajstić information content (AvgIpc) is 2.18. The molecule has 1 aliphatic carbocycles. The molecule has 2 rings (SSSR count). The summed E-state index contributed by atoms with van der Waals surface area (Å²) in [6, 6.07) is 0.124. The molecule has 1 N–H and O–H groups in total. The standard InChI is InChI=1S/C11H19NO2/c13-9-4-3-7-12(8-9)10-5-1-2-6-11(10)14/h9-10,13H,1-8H2. The van der Waals surface area contributed by atoms with Gasteiger partial charge in [0.1, 0.15) is 5.78 Å². The van der Waals surface area contributed by atoms with Gasteiger partial charge in [0.05, 0.1) is 12.1 Å². The van der Waals surface area contributed by atoms with E-state index in [0.29, 0.717) is 12.3 Å². The van der Waals surface area contributed by atoms with Gasteiger partial charge in [-0.2, -0.15) is 0 Å². The third-order valence-electron chi connectivity index (χ3n) is 3.39. The van der Waals surface area contributed by atoms with Gasteiger partial charge in [0.25, 0.3) is 0 Å². The van der Waals surface area contributed by atoms with Crippen LogP contribution in [0.25, 0.3) is 0 Å².